The Labute approximate surface area is 202 Å². The van der Waals surface area contributed by atoms with Gasteiger partial charge in [-0.1, -0.05) is 6.07 Å². The molecular weight excluding hydrogens is 482 g/mol. The van der Waals surface area contributed by atoms with Crippen LogP contribution in [0.25, 0.3) is 0 Å². The zero-order valence-corrected chi connectivity index (χ0v) is 18.6. The molecule has 0 saturated carbocycles. The Balaban J connectivity index is 1.55. The number of hydrogen-bond acceptors (Lipinski definition) is 5. The zero-order chi connectivity index (χ0) is 25.5. The highest BCUT2D eigenvalue weighted by Gasteiger charge is 2.43. The van der Waals surface area contributed by atoms with Gasteiger partial charge in [-0.2, -0.15) is 0 Å². The number of carbonyl (C=O) groups is 2. The normalized spacial score (nSPS) is 18.8. The summed E-state index contributed by atoms with van der Waals surface area (Å²) in [6.07, 6.45) is -2.68. The standard InChI is InChI=1S/C25H19F4N3O4/c26-17-13-16(5-7-19(17)36-25(27,28)29)24(9-11-35-20-2-1-10-30-22(20)24)32-23(34)15-3-6-18-14(12-15)4-8-21(33)31-18/h1-3,5-7,10,12-13H,4,8-9,11H2,(H,31,33)(H,32,34). The fourth-order valence-electron chi connectivity index (χ4n) is 4.50. The molecule has 3 aromatic rings. The summed E-state index contributed by atoms with van der Waals surface area (Å²) in [5.41, 5.74) is 0.786. The third-order valence-corrected chi connectivity index (χ3v) is 6.15. The van der Waals surface area contributed by atoms with Crippen molar-refractivity contribution in [1.82, 2.24) is 10.3 Å². The molecule has 2 amide bonds. The summed E-state index contributed by atoms with van der Waals surface area (Å²) in [4.78, 5) is 29.5. The van der Waals surface area contributed by atoms with Gasteiger partial charge < -0.3 is 20.1 Å². The number of alkyl halides is 3. The van der Waals surface area contributed by atoms with Crippen LogP contribution in [0, 0.1) is 5.82 Å². The monoisotopic (exact) mass is 501 g/mol. The second-order valence-corrected chi connectivity index (χ2v) is 8.42. The molecule has 1 atom stereocenters. The summed E-state index contributed by atoms with van der Waals surface area (Å²) in [5, 5.41) is 5.68. The van der Waals surface area contributed by atoms with Crippen LogP contribution in [-0.4, -0.2) is 29.8 Å². The fourth-order valence-corrected chi connectivity index (χ4v) is 4.50. The predicted octanol–water partition coefficient (Wildman–Crippen LogP) is 4.46. The summed E-state index contributed by atoms with van der Waals surface area (Å²) in [6, 6.07) is 11.1. The van der Waals surface area contributed by atoms with Crippen LogP contribution in [0.1, 0.15) is 40.0 Å². The quantitative estimate of drug-likeness (QED) is 0.516. The first kappa shape index (κ1) is 23.6. The maximum absolute atomic E-state index is 14.7. The number of nitrogens with one attached hydrogen (secondary N) is 2. The van der Waals surface area contributed by atoms with Crippen LogP contribution in [0.15, 0.2) is 54.7 Å². The van der Waals surface area contributed by atoms with Gasteiger partial charge in [0.2, 0.25) is 5.91 Å². The van der Waals surface area contributed by atoms with E-state index in [2.05, 4.69) is 20.4 Å². The molecule has 0 aliphatic carbocycles. The molecule has 11 heteroatoms. The number of aromatic nitrogens is 1. The molecule has 0 saturated heterocycles. The van der Waals surface area contributed by atoms with Crippen LogP contribution < -0.4 is 20.1 Å². The van der Waals surface area contributed by atoms with E-state index in [0.717, 1.165) is 17.7 Å². The van der Waals surface area contributed by atoms with Gasteiger partial charge in [0.1, 0.15) is 17.0 Å². The van der Waals surface area contributed by atoms with Crippen LogP contribution in [0.4, 0.5) is 23.2 Å². The Hall–Kier alpha value is -4.15. The van der Waals surface area contributed by atoms with E-state index in [4.69, 9.17) is 4.74 Å². The maximum atomic E-state index is 14.7. The molecule has 2 aliphatic rings. The Morgan fingerprint density at radius 1 is 1.14 bits per heavy atom. The van der Waals surface area contributed by atoms with E-state index in [-0.39, 0.29) is 24.5 Å². The van der Waals surface area contributed by atoms with Gasteiger partial charge in [0, 0.05) is 30.3 Å². The van der Waals surface area contributed by atoms with E-state index in [9.17, 15) is 27.2 Å². The number of carbonyl (C=O) groups excluding carboxylic acids is 2. The van der Waals surface area contributed by atoms with Gasteiger partial charge >= 0.3 is 6.36 Å². The van der Waals surface area contributed by atoms with Crippen LogP contribution in [-0.2, 0) is 16.8 Å². The molecule has 36 heavy (non-hydrogen) atoms. The Kier molecular flexibility index (Phi) is 5.77. The lowest BCUT2D eigenvalue weighted by Gasteiger charge is -2.39. The molecule has 2 aromatic carbocycles. The smallest absolute Gasteiger partial charge is 0.491 e. The zero-order valence-electron chi connectivity index (χ0n) is 18.6. The van der Waals surface area contributed by atoms with E-state index >= 15 is 0 Å². The number of nitrogens with zero attached hydrogens (tertiary/aromatic N) is 1. The van der Waals surface area contributed by atoms with Gasteiger partial charge in [-0.05, 0) is 60.0 Å². The molecule has 7 nitrogen and oxygen atoms in total. The van der Waals surface area contributed by atoms with Gasteiger partial charge in [0.25, 0.3) is 5.91 Å². The topological polar surface area (TPSA) is 89.6 Å². The van der Waals surface area contributed by atoms with E-state index in [1.165, 1.54) is 12.3 Å². The van der Waals surface area contributed by atoms with Gasteiger partial charge in [-0.3, -0.25) is 14.6 Å². The summed E-state index contributed by atoms with van der Waals surface area (Å²) in [5.74, 6) is -2.49. The second-order valence-electron chi connectivity index (χ2n) is 8.42. The number of anilines is 1. The first-order chi connectivity index (χ1) is 17.1. The van der Waals surface area contributed by atoms with Crippen LogP contribution in [0.5, 0.6) is 11.5 Å². The molecular formula is C25H19F4N3O4. The van der Waals surface area contributed by atoms with Gasteiger partial charge in [0.05, 0.1) is 6.61 Å². The van der Waals surface area contributed by atoms with E-state index < -0.39 is 29.4 Å². The minimum atomic E-state index is -5.06. The summed E-state index contributed by atoms with van der Waals surface area (Å²) in [6.45, 7) is 0.137. The number of benzene rings is 2. The van der Waals surface area contributed by atoms with Crippen molar-refractivity contribution >= 4 is 17.5 Å². The number of rotatable bonds is 4. The van der Waals surface area contributed by atoms with Crippen molar-refractivity contribution in [3.63, 3.8) is 0 Å². The first-order valence-corrected chi connectivity index (χ1v) is 11.0. The van der Waals surface area contributed by atoms with E-state index in [1.807, 2.05) is 0 Å². The minimum Gasteiger partial charge on any atom is -0.491 e. The van der Waals surface area contributed by atoms with Crippen molar-refractivity contribution in [2.24, 2.45) is 0 Å². The number of aryl methyl sites for hydroxylation is 1. The molecule has 1 unspecified atom stereocenters. The lowest BCUT2D eigenvalue weighted by molar-refractivity contribution is -0.275. The molecule has 5 rings (SSSR count). The van der Waals surface area contributed by atoms with Gasteiger partial charge in [-0.25, -0.2) is 4.39 Å². The number of halogens is 4. The molecule has 3 heterocycles. The SMILES string of the molecule is O=C1CCc2cc(C(=O)NC3(c4ccc(OC(F)(F)F)c(F)c4)CCOc4cccnc43)ccc2N1. The molecule has 0 radical (unpaired) electrons. The number of amides is 2. The third kappa shape index (κ3) is 4.43. The number of hydrogen-bond donors (Lipinski definition) is 2. The van der Waals surface area contributed by atoms with Crippen molar-refractivity contribution in [2.45, 2.75) is 31.2 Å². The Bertz CT molecular complexity index is 1360. The minimum absolute atomic E-state index is 0.108. The van der Waals surface area contributed by atoms with Crippen molar-refractivity contribution in [3.8, 4) is 11.5 Å². The average Bonchev–Trinajstić information content (AvgIpc) is 2.84. The highest BCUT2D eigenvalue weighted by Crippen LogP contribution is 2.42. The van der Waals surface area contributed by atoms with Crippen LogP contribution in [0.3, 0.4) is 0 Å². The van der Waals surface area contributed by atoms with Crippen molar-refractivity contribution in [2.75, 3.05) is 11.9 Å². The molecule has 2 N–H and O–H groups in total. The molecule has 1 aromatic heterocycles. The Morgan fingerprint density at radius 2 is 1.97 bits per heavy atom. The van der Waals surface area contributed by atoms with E-state index in [1.54, 1.807) is 30.3 Å². The second kappa shape index (κ2) is 8.81. The molecule has 0 fully saturated rings. The van der Waals surface area contributed by atoms with Crippen molar-refractivity contribution in [1.29, 1.82) is 0 Å². The third-order valence-electron chi connectivity index (χ3n) is 6.15. The number of pyridine rings is 1. The van der Waals surface area contributed by atoms with Crippen molar-refractivity contribution < 1.29 is 36.6 Å². The van der Waals surface area contributed by atoms with Crippen LogP contribution >= 0.6 is 0 Å². The Morgan fingerprint density at radius 3 is 2.75 bits per heavy atom. The van der Waals surface area contributed by atoms with Crippen molar-refractivity contribution in [3.05, 3.63) is 82.9 Å². The average molecular weight is 501 g/mol. The molecule has 2 aliphatic heterocycles. The number of ether oxygens (including phenoxy) is 2. The summed E-state index contributed by atoms with van der Waals surface area (Å²) in [7, 11) is 0. The highest BCUT2D eigenvalue weighted by molar-refractivity contribution is 5.98. The van der Waals surface area contributed by atoms with Gasteiger partial charge in [-0.15, -0.1) is 13.2 Å². The maximum Gasteiger partial charge on any atom is 0.573 e. The summed E-state index contributed by atoms with van der Waals surface area (Å²) < 4.78 is 62.1. The summed E-state index contributed by atoms with van der Waals surface area (Å²) >= 11 is 0. The van der Waals surface area contributed by atoms with Gasteiger partial charge in [0.15, 0.2) is 11.6 Å². The predicted molar refractivity (Wildman–Crippen MR) is 119 cm³/mol. The van der Waals surface area contributed by atoms with E-state index in [0.29, 0.717) is 35.5 Å². The number of fused-ring (bicyclic) bond motifs is 2. The molecule has 0 bridgehead atoms. The lowest BCUT2D eigenvalue weighted by Crippen LogP contribution is -2.50. The lowest BCUT2D eigenvalue weighted by atomic mass is 9.81. The highest BCUT2D eigenvalue weighted by atomic mass is 19.4. The molecule has 0 spiro atoms. The molecule has 186 valence electrons. The fraction of sp³-hybridized carbons (Fsp3) is 0.240. The first-order valence-electron chi connectivity index (χ1n) is 11.0. The van der Waals surface area contributed by atoms with Crippen LogP contribution in [0.2, 0.25) is 0 Å². The largest absolute Gasteiger partial charge is 0.573 e.